The van der Waals surface area contributed by atoms with Crippen LogP contribution in [0.25, 0.3) is 0 Å². The Morgan fingerprint density at radius 3 is 1.89 bits per heavy atom. The zero-order valence-corrected chi connectivity index (χ0v) is 19.0. The lowest BCUT2D eigenvalue weighted by Crippen LogP contribution is -2.52. The highest BCUT2D eigenvalue weighted by atomic mass is 16.6. The summed E-state index contributed by atoms with van der Waals surface area (Å²) in [5.74, 6) is -0.525. The number of unbranched alkanes of at least 4 members (excludes halogenated alkanes) is 1. The lowest BCUT2D eigenvalue weighted by Gasteiger charge is -2.45. The van der Waals surface area contributed by atoms with E-state index < -0.39 is 16.6 Å². The molecule has 5 heteroatoms. The van der Waals surface area contributed by atoms with Gasteiger partial charge in [-0.2, -0.15) is 0 Å². The smallest absolute Gasteiger partial charge is 0.315 e. The van der Waals surface area contributed by atoms with Crippen molar-refractivity contribution in [1.82, 2.24) is 0 Å². The molecular weight excluding hydrogens is 344 g/mol. The molecule has 0 aromatic rings. The van der Waals surface area contributed by atoms with E-state index in [1.165, 1.54) is 0 Å². The van der Waals surface area contributed by atoms with Crippen LogP contribution in [0, 0.1) is 10.8 Å². The molecule has 0 radical (unpaired) electrons. The molecule has 0 bridgehead atoms. The Kier molecular flexibility index (Phi) is 9.50. The summed E-state index contributed by atoms with van der Waals surface area (Å²) >= 11 is 0. The van der Waals surface area contributed by atoms with Crippen molar-refractivity contribution in [3.05, 3.63) is 0 Å². The molecule has 0 aliphatic heterocycles. The van der Waals surface area contributed by atoms with E-state index in [4.69, 9.17) is 9.47 Å². The second-order valence-corrected chi connectivity index (χ2v) is 9.44. The second-order valence-electron chi connectivity index (χ2n) is 9.44. The van der Waals surface area contributed by atoms with Gasteiger partial charge in [0.1, 0.15) is 5.60 Å². The first-order valence-corrected chi connectivity index (χ1v) is 10.3. The van der Waals surface area contributed by atoms with Gasteiger partial charge in [-0.1, -0.05) is 33.6 Å². The fourth-order valence-corrected chi connectivity index (χ4v) is 3.01. The largest absolute Gasteiger partial charge is 0.466 e. The van der Waals surface area contributed by atoms with Gasteiger partial charge in [-0.15, -0.1) is 0 Å². The summed E-state index contributed by atoms with van der Waals surface area (Å²) in [7, 11) is 0. The highest BCUT2D eigenvalue weighted by Gasteiger charge is 2.50. The van der Waals surface area contributed by atoms with Gasteiger partial charge < -0.3 is 14.6 Å². The maximum atomic E-state index is 13.0. The number of ether oxygens (including phenoxy) is 2. The molecule has 0 rings (SSSR count). The topological polar surface area (TPSA) is 72.8 Å². The van der Waals surface area contributed by atoms with Crippen LogP contribution in [0.5, 0.6) is 0 Å². The van der Waals surface area contributed by atoms with Crippen molar-refractivity contribution in [3.8, 4) is 0 Å². The number of esters is 2. The molecule has 0 aromatic heterocycles. The van der Waals surface area contributed by atoms with Crippen LogP contribution >= 0.6 is 0 Å². The Labute approximate surface area is 166 Å². The SMILES string of the molecule is CCCC(C)(C(=O)OC(C)(C)C(C)(C)CCCCC(=O)OCC)C(C)(C)O. The van der Waals surface area contributed by atoms with Gasteiger partial charge in [0.15, 0.2) is 0 Å². The van der Waals surface area contributed by atoms with Crippen molar-refractivity contribution in [2.75, 3.05) is 6.61 Å². The van der Waals surface area contributed by atoms with Crippen LogP contribution in [0.1, 0.15) is 101 Å². The van der Waals surface area contributed by atoms with Gasteiger partial charge in [0.05, 0.1) is 17.6 Å². The van der Waals surface area contributed by atoms with Gasteiger partial charge in [-0.3, -0.25) is 9.59 Å². The third-order valence-corrected chi connectivity index (χ3v) is 6.27. The van der Waals surface area contributed by atoms with Gasteiger partial charge >= 0.3 is 11.9 Å². The molecule has 0 spiro atoms. The van der Waals surface area contributed by atoms with E-state index in [1.54, 1.807) is 27.7 Å². The summed E-state index contributed by atoms with van der Waals surface area (Å²) < 4.78 is 10.9. The third-order valence-electron chi connectivity index (χ3n) is 6.27. The summed E-state index contributed by atoms with van der Waals surface area (Å²) in [6.45, 7) is 17.3. The lowest BCUT2D eigenvalue weighted by molar-refractivity contribution is -0.194. The molecule has 0 aliphatic rings. The Balaban J connectivity index is 4.99. The number of aliphatic hydroxyl groups is 1. The molecule has 27 heavy (non-hydrogen) atoms. The molecule has 160 valence electrons. The predicted octanol–water partition coefficient (Wildman–Crippen LogP) is 5.04. The summed E-state index contributed by atoms with van der Waals surface area (Å²) in [6.07, 6.45) is 4.18. The molecule has 0 heterocycles. The summed E-state index contributed by atoms with van der Waals surface area (Å²) in [6, 6.07) is 0. The van der Waals surface area contributed by atoms with E-state index in [0.29, 0.717) is 19.4 Å². The monoisotopic (exact) mass is 386 g/mol. The average molecular weight is 387 g/mol. The van der Waals surface area contributed by atoms with Crippen LogP contribution < -0.4 is 0 Å². The van der Waals surface area contributed by atoms with Crippen LogP contribution in [-0.2, 0) is 19.1 Å². The van der Waals surface area contributed by atoms with E-state index in [2.05, 4.69) is 13.8 Å². The molecule has 1 atom stereocenters. The van der Waals surface area contributed by atoms with Crippen molar-refractivity contribution in [2.45, 2.75) is 112 Å². The van der Waals surface area contributed by atoms with Gasteiger partial charge in [-0.05, 0) is 60.8 Å². The van der Waals surface area contributed by atoms with Crippen molar-refractivity contribution < 1.29 is 24.2 Å². The summed E-state index contributed by atoms with van der Waals surface area (Å²) in [5.41, 5.74) is -3.10. The number of hydrogen-bond acceptors (Lipinski definition) is 5. The minimum absolute atomic E-state index is 0.165. The lowest BCUT2D eigenvalue weighted by atomic mass is 9.70. The van der Waals surface area contributed by atoms with Gasteiger partial charge in [0.2, 0.25) is 0 Å². The molecule has 0 aromatic carbocycles. The number of rotatable bonds is 12. The van der Waals surface area contributed by atoms with Gasteiger partial charge in [-0.25, -0.2) is 0 Å². The summed E-state index contributed by atoms with van der Waals surface area (Å²) in [4.78, 5) is 24.5. The highest BCUT2D eigenvalue weighted by molar-refractivity contribution is 5.78. The van der Waals surface area contributed by atoms with Crippen LogP contribution in [-0.4, -0.2) is 34.9 Å². The Bertz CT molecular complexity index is 487. The fraction of sp³-hybridized carbons (Fsp3) is 0.909. The first-order valence-electron chi connectivity index (χ1n) is 10.3. The summed E-state index contributed by atoms with van der Waals surface area (Å²) in [5, 5.41) is 10.6. The first-order chi connectivity index (χ1) is 12.1. The van der Waals surface area contributed by atoms with Crippen LogP contribution in [0.15, 0.2) is 0 Å². The quantitative estimate of drug-likeness (QED) is 0.376. The Morgan fingerprint density at radius 1 is 0.889 bits per heavy atom. The van der Waals surface area contributed by atoms with E-state index in [9.17, 15) is 14.7 Å². The molecule has 1 N–H and O–H groups in total. The molecule has 0 fully saturated rings. The minimum atomic E-state index is -1.17. The van der Waals surface area contributed by atoms with E-state index in [-0.39, 0.29) is 17.4 Å². The molecule has 0 amide bonds. The van der Waals surface area contributed by atoms with Crippen molar-refractivity contribution in [1.29, 1.82) is 0 Å². The van der Waals surface area contributed by atoms with Gasteiger partial charge in [0, 0.05) is 11.8 Å². The van der Waals surface area contributed by atoms with E-state index >= 15 is 0 Å². The van der Waals surface area contributed by atoms with E-state index in [1.807, 2.05) is 20.8 Å². The fourth-order valence-electron chi connectivity index (χ4n) is 3.01. The van der Waals surface area contributed by atoms with Crippen molar-refractivity contribution in [2.24, 2.45) is 10.8 Å². The zero-order valence-electron chi connectivity index (χ0n) is 19.0. The highest BCUT2D eigenvalue weighted by Crippen LogP contribution is 2.43. The first kappa shape index (κ1) is 25.9. The van der Waals surface area contributed by atoms with E-state index in [0.717, 1.165) is 25.7 Å². The molecule has 1 unspecified atom stereocenters. The number of carbonyl (C=O) groups excluding carboxylic acids is 2. The van der Waals surface area contributed by atoms with Crippen molar-refractivity contribution in [3.63, 3.8) is 0 Å². The number of hydrogen-bond donors (Lipinski definition) is 1. The van der Waals surface area contributed by atoms with Crippen LogP contribution in [0.2, 0.25) is 0 Å². The normalized spacial score (nSPS) is 15.2. The Hall–Kier alpha value is -1.10. The zero-order chi connectivity index (χ0) is 21.5. The second kappa shape index (κ2) is 9.90. The molecule has 0 aliphatic carbocycles. The maximum absolute atomic E-state index is 13.0. The van der Waals surface area contributed by atoms with Gasteiger partial charge in [0.25, 0.3) is 0 Å². The maximum Gasteiger partial charge on any atom is 0.315 e. The van der Waals surface area contributed by atoms with Crippen LogP contribution in [0.3, 0.4) is 0 Å². The standard InChI is InChI=1S/C22H42O5/c1-10-15-22(9,20(5,6)25)18(24)27-21(7,8)19(3,4)16-13-12-14-17(23)26-11-2/h25H,10-16H2,1-9H3. The van der Waals surface area contributed by atoms with Crippen molar-refractivity contribution >= 4 is 11.9 Å². The average Bonchev–Trinajstić information content (AvgIpc) is 2.50. The molecular formula is C22H42O5. The molecule has 0 saturated heterocycles. The molecule has 5 nitrogen and oxygen atoms in total. The van der Waals surface area contributed by atoms with Crippen LogP contribution in [0.4, 0.5) is 0 Å². The third kappa shape index (κ3) is 7.10. The predicted molar refractivity (Wildman–Crippen MR) is 108 cm³/mol. The number of carbonyl (C=O) groups is 2. The minimum Gasteiger partial charge on any atom is -0.466 e. The Morgan fingerprint density at radius 2 is 1.44 bits per heavy atom. The molecule has 0 saturated carbocycles.